The number of pyridine rings is 1. The van der Waals surface area contributed by atoms with Crippen LogP contribution in [0.15, 0.2) is 29.5 Å². The summed E-state index contributed by atoms with van der Waals surface area (Å²) >= 11 is 0. The van der Waals surface area contributed by atoms with E-state index in [-0.39, 0.29) is 29.6 Å². The number of nitrogens with zero attached hydrogens (tertiary/aromatic N) is 2. The highest BCUT2D eigenvalue weighted by Gasteiger charge is 2.16. The molecule has 0 unspecified atom stereocenters. The van der Waals surface area contributed by atoms with Crippen LogP contribution in [0.4, 0.5) is 0 Å². The van der Waals surface area contributed by atoms with Crippen LogP contribution < -0.4 is 10.6 Å². The molecule has 1 rings (SSSR count). The van der Waals surface area contributed by atoms with Crippen LogP contribution in [-0.4, -0.2) is 43.8 Å². The molecule has 6 heteroatoms. The minimum atomic E-state index is -0.207. The molecule has 2 N–H and O–H groups in total. The summed E-state index contributed by atoms with van der Waals surface area (Å²) < 4.78 is 5.35. The summed E-state index contributed by atoms with van der Waals surface area (Å²) in [4.78, 5) is 8.27. The van der Waals surface area contributed by atoms with E-state index < -0.39 is 0 Å². The SMILES string of the molecule is CN=C(NCCc1cccnc1)NCC(C)(C)OC.I. The van der Waals surface area contributed by atoms with E-state index in [4.69, 9.17) is 4.74 Å². The summed E-state index contributed by atoms with van der Waals surface area (Å²) in [6.45, 7) is 5.58. The zero-order valence-corrected chi connectivity index (χ0v) is 15.0. The zero-order valence-electron chi connectivity index (χ0n) is 12.6. The Morgan fingerprint density at radius 1 is 1.40 bits per heavy atom. The molecular formula is C14H25IN4O. The van der Waals surface area contributed by atoms with Crippen LogP contribution in [0.3, 0.4) is 0 Å². The average molecular weight is 392 g/mol. The van der Waals surface area contributed by atoms with E-state index in [1.54, 1.807) is 20.4 Å². The number of hydrogen-bond donors (Lipinski definition) is 2. The molecule has 0 saturated carbocycles. The van der Waals surface area contributed by atoms with Gasteiger partial charge in [0.15, 0.2) is 5.96 Å². The van der Waals surface area contributed by atoms with Gasteiger partial charge in [-0.3, -0.25) is 9.98 Å². The molecule has 114 valence electrons. The molecule has 1 heterocycles. The van der Waals surface area contributed by atoms with Crippen molar-refractivity contribution in [1.29, 1.82) is 0 Å². The first kappa shape index (κ1) is 19.1. The number of ether oxygens (including phenoxy) is 1. The van der Waals surface area contributed by atoms with E-state index in [9.17, 15) is 0 Å². The van der Waals surface area contributed by atoms with Gasteiger partial charge in [-0.1, -0.05) is 6.07 Å². The van der Waals surface area contributed by atoms with Crippen LogP contribution in [0.5, 0.6) is 0 Å². The molecule has 0 bridgehead atoms. The van der Waals surface area contributed by atoms with E-state index in [1.807, 2.05) is 26.1 Å². The summed E-state index contributed by atoms with van der Waals surface area (Å²) in [6, 6.07) is 4.02. The van der Waals surface area contributed by atoms with Gasteiger partial charge in [0, 0.05) is 39.6 Å². The number of hydrogen-bond acceptors (Lipinski definition) is 3. The van der Waals surface area contributed by atoms with Crippen LogP contribution >= 0.6 is 24.0 Å². The lowest BCUT2D eigenvalue weighted by atomic mass is 10.1. The molecule has 0 radical (unpaired) electrons. The van der Waals surface area contributed by atoms with Crippen LogP contribution in [0.25, 0.3) is 0 Å². The van der Waals surface area contributed by atoms with E-state index in [1.165, 1.54) is 5.56 Å². The van der Waals surface area contributed by atoms with Gasteiger partial charge >= 0.3 is 0 Å². The van der Waals surface area contributed by atoms with Gasteiger partial charge in [0.2, 0.25) is 0 Å². The number of methoxy groups -OCH3 is 1. The monoisotopic (exact) mass is 392 g/mol. The van der Waals surface area contributed by atoms with Crippen molar-refractivity contribution in [3.8, 4) is 0 Å². The number of halogens is 1. The second-order valence-electron chi connectivity index (χ2n) is 4.93. The summed E-state index contributed by atoms with van der Waals surface area (Å²) in [7, 11) is 3.47. The fourth-order valence-corrected chi connectivity index (χ4v) is 1.46. The smallest absolute Gasteiger partial charge is 0.191 e. The third-order valence-electron chi connectivity index (χ3n) is 2.89. The second kappa shape index (κ2) is 9.93. The molecular weight excluding hydrogens is 367 g/mol. The van der Waals surface area contributed by atoms with Gasteiger partial charge in [-0.05, 0) is 31.9 Å². The normalized spacial score (nSPS) is 11.7. The van der Waals surface area contributed by atoms with Crippen LogP contribution in [0, 0.1) is 0 Å². The molecule has 0 aliphatic rings. The minimum Gasteiger partial charge on any atom is -0.377 e. The molecule has 0 fully saturated rings. The van der Waals surface area contributed by atoms with Crippen molar-refractivity contribution in [2.75, 3.05) is 27.2 Å². The first-order valence-electron chi connectivity index (χ1n) is 6.46. The van der Waals surface area contributed by atoms with Gasteiger partial charge in [-0.2, -0.15) is 0 Å². The number of aliphatic imine (C=N–C) groups is 1. The third kappa shape index (κ3) is 7.64. The Balaban J connectivity index is 0.00000361. The molecule has 0 aliphatic carbocycles. The van der Waals surface area contributed by atoms with Gasteiger partial charge in [-0.25, -0.2) is 0 Å². The molecule has 0 aromatic carbocycles. The predicted molar refractivity (Wildman–Crippen MR) is 93.8 cm³/mol. The number of aromatic nitrogens is 1. The fraction of sp³-hybridized carbons (Fsp3) is 0.571. The minimum absolute atomic E-state index is 0. The molecule has 1 aromatic rings. The Morgan fingerprint density at radius 2 is 2.15 bits per heavy atom. The van der Waals surface area contributed by atoms with E-state index in [2.05, 4.69) is 26.7 Å². The number of nitrogens with one attached hydrogen (secondary N) is 2. The van der Waals surface area contributed by atoms with Crippen molar-refractivity contribution in [2.24, 2.45) is 4.99 Å². The lowest BCUT2D eigenvalue weighted by Gasteiger charge is -2.24. The van der Waals surface area contributed by atoms with Crippen molar-refractivity contribution in [3.05, 3.63) is 30.1 Å². The van der Waals surface area contributed by atoms with Crippen molar-refractivity contribution in [1.82, 2.24) is 15.6 Å². The van der Waals surface area contributed by atoms with E-state index in [0.29, 0.717) is 6.54 Å². The Morgan fingerprint density at radius 3 is 2.70 bits per heavy atom. The predicted octanol–water partition coefficient (Wildman–Crippen LogP) is 1.83. The largest absolute Gasteiger partial charge is 0.377 e. The van der Waals surface area contributed by atoms with Crippen molar-refractivity contribution < 1.29 is 4.74 Å². The lowest BCUT2D eigenvalue weighted by Crippen LogP contribution is -2.45. The number of guanidine groups is 1. The van der Waals surface area contributed by atoms with E-state index in [0.717, 1.165) is 18.9 Å². The first-order valence-corrected chi connectivity index (χ1v) is 6.46. The summed E-state index contributed by atoms with van der Waals surface area (Å²) in [6.07, 6.45) is 4.58. The Labute approximate surface area is 138 Å². The van der Waals surface area contributed by atoms with E-state index >= 15 is 0 Å². The standard InChI is InChI=1S/C14H24N4O.HI/c1-14(2,19-4)11-18-13(15-3)17-9-7-12-6-5-8-16-10-12;/h5-6,8,10H,7,9,11H2,1-4H3,(H2,15,17,18);1H. The lowest BCUT2D eigenvalue weighted by molar-refractivity contribution is 0.0268. The van der Waals surface area contributed by atoms with Crippen LogP contribution in [0.2, 0.25) is 0 Å². The van der Waals surface area contributed by atoms with Crippen LogP contribution in [-0.2, 0) is 11.2 Å². The molecule has 0 saturated heterocycles. The quantitative estimate of drug-likeness (QED) is 0.441. The molecule has 0 aliphatic heterocycles. The zero-order chi connectivity index (χ0) is 14.1. The molecule has 0 amide bonds. The third-order valence-corrected chi connectivity index (χ3v) is 2.89. The van der Waals surface area contributed by atoms with Gasteiger partial charge in [0.25, 0.3) is 0 Å². The maximum atomic E-state index is 5.35. The molecule has 5 nitrogen and oxygen atoms in total. The molecule has 0 atom stereocenters. The molecule has 0 spiro atoms. The second-order valence-corrected chi connectivity index (χ2v) is 4.93. The topological polar surface area (TPSA) is 58.5 Å². The summed E-state index contributed by atoms with van der Waals surface area (Å²) in [5.41, 5.74) is 1.00. The average Bonchev–Trinajstić information content (AvgIpc) is 2.43. The maximum Gasteiger partial charge on any atom is 0.191 e. The van der Waals surface area contributed by atoms with Gasteiger partial charge < -0.3 is 15.4 Å². The Hall–Kier alpha value is -0.890. The highest BCUT2D eigenvalue weighted by Crippen LogP contribution is 2.04. The van der Waals surface area contributed by atoms with Gasteiger partial charge in [0.1, 0.15) is 0 Å². The summed E-state index contributed by atoms with van der Waals surface area (Å²) in [5, 5.41) is 6.52. The maximum absolute atomic E-state index is 5.35. The Bertz CT molecular complexity index is 395. The first-order chi connectivity index (χ1) is 9.07. The van der Waals surface area contributed by atoms with Crippen molar-refractivity contribution in [2.45, 2.75) is 25.9 Å². The highest BCUT2D eigenvalue weighted by molar-refractivity contribution is 14.0. The van der Waals surface area contributed by atoms with Crippen molar-refractivity contribution in [3.63, 3.8) is 0 Å². The van der Waals surface area contributed by atoms with Gasteiger partial charge in [-0.15, -0.1) is 24.0 Å². The highest BCUT2D eigenvalue weighted by atomic mass is 127. The molecule has 20 heavy (non-hydrogen) atoms. The Kier molecular flexibility index (Phi) is 9.49. The summed E-state index contributed by atoms with van der Waals surface area (Å²) in [5.74, 6) is 0.786. The molecule has 1 aromatic heterocycles. The van der Waals surface area contributed by atoms with Crippen LogP contribution in [0.1, 0.15) is 19.4 Å². The number of rotatable bonds is 6. The van der Waals surface area contributed by atoms with Crippen molar-refractivity contribution >= 4 is 29.9 Å². The fourth-order valence-electron chi connectivity index (χ4n) is 1.46. The van der Waals surface area contributed by atoms with Gasteiger partial charge in [0.05, 0.1) is 5.60 Å².